The molecule has 1 aromatic heterocycles. The van der Waals surface area contributed by atoms with Gasteiger partial charge < -0.3 is 14.5 Å². The second kappa shape index (κ2) is 4.80. The van der Waals surface area contributed by atoms with E-state index in [1.54, 1.807) is 11.0 Å². The molecule has 1 aliphatic rings. The molecule has 6 nitrogen and oxygen atoms in total. The standard InChI is InChI=1S/C12H16N2O4/c1-7-6-10(18-13-7)9-4-3-5-14(9)11(15)8(2)12(16)17/h6,8-9H,3-5H2,1-2H3,(H,16,17). The lowest BCUT2D eigenvalue weighted by Crippen LogP contribution is -2.37. The molecule has 18 heavy (non-hydrogen) atoms. The van der Waals surface area contributed by atoms with E-state index in [2.05, 4.69) is 5.16 Å². The van der Waals surface area contributed by atoms with Crippen molar-refractivity contribution in [3.8, 4) is 0 Å². The summed E-state index contributed by atoms with van der Waals surface area (Å²) in [7, 11) is 0. The van der Waals surface area contributed by atoms with Crippen LogP contribution in [0.5, 0.6) is 0 Å². The lowest BCUT2D eigenvalue weighted by Gasteiger charge is -2.24. The van der Waals surface area contributed by atoms with Crippen LogP contribution in [0.3, 0.4) is 0 Å². The summed E-state index contributed by atoms with van der Waals surface area (Å²) < 4.78 is 5.18. The van der Waals surface area contributed by atoms with E-state index in [0.717, 1.165) is 18.5 Å². The second-order valence-electron chi connectivity index (χ2n) is 4.62. The van der Waals surface area contributed by atoms with Crippen molar-refractivity contribution in [1.29, 1.82) is 0 Å². The Labute approximate surface area is 105 Å². The maximum absolute atomic E-state index is 12.1. The first kappa shape index (κ1) is 12.6. The number of carboxylic acid groups (broad SMARTS) is 1. The van der Waals surface area contributed by atoms with Gasteiger partial charge in [-0.2, -0.15) is 0 Å². The molecule has 0 bridgehead atoms. The van der Waals surface area contributed by atoms with Gasteiger partial charge in [-0.15, -0.1) is 0 Å². The van der Waals surface area contributed by atoms with Crippen LogP contribution in [0.1, 0.15) is 37.3 Å². The molecule has 0 spiro atoms. The van der Waals surface area contributed by atoms with Gasteiger partial charge in [0.05, 0.1) is 11.7 Å². The fourth-order valence-corrected chi connectivity index (χ4v) is 2.22. The van der Waals surface area contributed by atoms with Crippen LogP contribution in [-0.4, -0.2) is 33.6 Å². The van der Waals surface area contributed by atoms with E-state index in [1.165, 1.54) is 6.92 Å². The minimum Gasteiger partial charge on any atom is -0.481 e. The fourth-order valence-electron chi connectivity index (χ4n) is 2.22. The lowest BCUT2D eigenvalue weighted by atomic mass is 10.1. The van der Waals surface area contributed by atoms with E-state index >= 15 is 0 Å². The Balaban J connectivity index is 2.17. The van der Waals surface area contributed by atoms with Crippen LogP contribution in [0, 0.1) is 12.8 Å². The van der Waals surface area contributed by atoms with Crippen molar-refractivity contribution >= 4 is 11.9 Å². The minimum absolute atomic E-state index is 0.180. The molecule has 2 rings (SSSR count). The van der Waals surface area contributed by atoms with Crippen LogP contribution >= 0.6 is 0 Å². The predicted octanol–water partition coefficient (Wildman–Crippen LogP) is 1.37. The molecule has 6 heteroatoms. The fraction of sp³-hybridized carbons (Fsp3) is 0.583. The number of carbonyl (C=O) groups is 2. The summed E-state index contributed by atoms with van der Waals surface area (Å²) >= 11 is 0. The molecule has 98 valence electrons. The summed E-state index contributed by atoms with van der Waals surface area (Å²) in [6, 6.07) is 1.61. The Morgan fingerprint density at radius 2 is 2.33 bits per heavy atom. The summed E-state index contributed by atoms with van der Waals surface area (Å²) in [6.07, 6.45) is 1.63. The van der Waals surface area contributed by atoms with Gasteiger partial charge in [0.25, 0.3) is 0 Å². The van der Waals surface area contributed by atoms with Crippen LogP contribution in [0.4, 0.5) is 0 Å². The Morgan fingerprint density at radius 3 is 2.89 bits per heavy atom. The van der Waals surface area contributed by atoms with Gasteiger partial charge in [-0.05, 0) is 26.7 Å². The van der Waals surface area contributed by atoms with Crippen molar-refractivity contribution < 1.29 is 19.2 Å². The third kappa shape index (κ3) is 2.23. The molecule has 1 aliphatic heterocycles. The van der Waals surface area contributed by atoms with Crippen LogP contribution in [0.25, 0.3) is 0 Å². The maximum Gasteiger partial charge on any atom is 0.315 e. The van der Waals surface area contributed by atoms with Crippen LogP contribution in [0.2, 0.25) is 0 Å². The molecule has 2 atom stereocenters. The van der Waals surface area contributed by atoms with Gasteiger partial charge in [0, 0.05) is 12.6 Å². The van der Waals surface area contributed by atoms with Crippen LogP contribution < -0.4 is 0 Å². The number of amides is 1. The molecule has 2 unspecified atom stereocenters. The van der Waals surface area contributed by atoms with Crippen molar-refractivity contribution in [2.75, 3.05) is 6.54 Å². The quantitative estimate of drug-likeness (QED) is 0.821. The summed E-state index contributed by atoms with van der Waals surface area (Å²) in [5, 5.41) is 12.7. The van der Waals surface area contributed by atoms with E-state index in [-0.39, 0.29) is 11.9 Å². The largest absolute Gasteiger partial charge is 0.481 e. The Bertz CT molecular complexity index is 468. The third-order valence-corrected chi connectivity index (χ3v) is 3.25. The topological polar surface area (TPSA) is 83.6 Å². The van der Waals surface area contributed by atoms with Gasteiger partial charge in [-0.25, -0.2) is 0 Å². The summed E-state index contributed by atoms with van der Waals surface area (Å²) in [5.41, 5.74) is 0.760. The SMILES string of the molecule is Cc1cc(C2CCCN2C(=O)C(C)C(=O)O)on1. The molecule has 1 saturated heterocycles. The average molecular weight is 252 g/mol. The zero-order valence-electron chi connectivity index (χ0n) is 10.4. The third-order valence-electron chi connectivity index (χ3n) is 3.25. The molecule has 1 aromatic rings. The van der Waals surface area contributed by atoms with Crippen LogP contribution in [-0.2, 0) is 9.59 Å². The molecule has 1 N–H and O–H groups in total. The molecule has 1 amide bonds. The Kier molecular flexibility index (Phi) is 3.36. The van der Waals surface area contributed by atoms with E-state index < -0.39 is 11.9 Å². The number of carboxylic acids is 1. The number of aromatic nitrogens is 1. The predicted molar refractivity (Wildman–Crippen MR) is 61.7 cm³/mol. The molecule has 2 heterocycles. The highest BCUT2D eigenvalue weighted by Gasteiger charge is 2.36. The molecular weight excluding hydrogens is 236 g/mol. The highest BCUT2D eigenvalue weighted by Crippen LogP contribution is 2.33. The number of likely N-dealkylation sites (tertiary alicyclic amines) is 1. The zero-order valence-corrected chi connectivity index (χ0v) is 10.4. The summed E-state index contributed by atoms with van der Waals surface area (Å²) in [4.78, 5) is 24.5. The lowest BCUT2D eigenvalue weighted by molar-refractivity contribution is -0.150. The van der Waals surface area contributed by atoms with Gasteiger partial charge >= 0.3 is 5.97 Å². The highest BCUT2D eigenvalue weighted by molar-refractivity contribution is 5.96. The average Bonchev–Trinajstić information content (AvgIpc) is 2.94. The number of nitrogens with zero attached hydrogens (tertiary/aromatic N) is 2. The molecule has 1 fully saturated rings. The smallest absolute Gasteiger partial charge is 0.315 e. The van der Waals surface area contributed by atoms with Gasteiger partial charge in [-0.1, -0.05) is 5.16 Å². The van der Waals surface area contributed by atoms with Gasteiger partial charge in [0.2, 0.25) is 5.91 Å². The number of hydrogen-bond donors (Lipinski definition) is 1. The van der Waals surface area contributed by atoms with Gasteiger partial charge in [0.1, 0.15) is 5.92 Å². The van der Waals surface area contributed by atoms with Gasteiger partial charge in [-0.3, -0.25) is 9.59 Å². The Morgan fingerprint density at radius 1 is 1.61 bits per heavy atom. The Hall–Kier alpha value is -1.85. The first-order chi connectivity index (χ1) is 8.50. The van der Waals surface area contributed by atoms with E-state index in [1.807, 2.05) is 6.92 Å². The number of rotatable bonds is 3. The van der Waals surface area contributed by atoms with Crippen LogP contribution in [0.15, 0.2) is 10.6 Å². The number of aliphatic carboxylic acids is 1. The first-order valence-corrected chi connectivity index (χ1v) is 5.97. The van der Waals surface area contributed by atoms with E-state index in [0.29, 0.717) is 12.3 Å². The number of hydrogen-bond acceptors (Lipinski definition) is 4. The monoisotopic (exact) mass is 252 g/mol. The maximum atomic E-state index is 12.1. The van der Waals surface area contributed by atoms with Crippen molar-refractivity contribution in [2.24, 2.45) is 5.92 Å². The molecular formula is C12H16N2O4. The van der Waals surface area contributed by atoms with E-state index in [4.69, 9.17) is 9.63 Å². The van der Waals surface area contributed by atoms with Crippen molar-refractivity contribution in [1.82, 2.24) is 10.1 Å². The first-order valence-electron chi connectivity index (χ1n) is 5.97. The number of aryl methyl sites for hydroxylation is 1. The van der Waals surface area contributed by atoms with Gasteiger partial charge in [0.15, 0.2) is 5.76 Å². The number of carbonyl (C=O) groups excluding carboxylic acids is 1. The van der Waals surface area contributed by atoms with Crippen molar-refractivity contribution in [2.45, 2.75) is 32.7 Å². The summed E-state index contributed by atoms with van der Waals surface area (Å²) in [6.45, 7) is 3.79. The molecule has 0 aromatic carbocycles. The normalized spacial score (nSPS) is 21.0. The molecule has 0 aliphatic carbocycles. The summed E-state index contributed by atoms with van der Waals surface area (Å²) in [5.74, 6) is -1.84. The molecule has 0 radical (unpaired) electrons. The van der Waals surface area contributed by atoms with Crippen molar-refractivity contribution in [3.05, 3.63) is 17.5 Å². The minimum atomic E-state index is -1.10. The van der Waals surface area contributed by atoms with E-state index in [9.17, 15) is 9.59 Å². The highest BCUT2D eigenvalue weighted by atomic mass is 16.5. The molecule has 0 saturated carbocycles. The zero-order chi connectivity index (χ0) is 13.3. The van der Waals surface area contributed by atoms with Crippen molar-refractivity contribution in [3.63, 3.8) is 0 Å². The second-order valence-corrected chi connectivity index (χ2v) is 4.62.